The Morgan fingerprint density at radius 2 is 2.24 bits per heavy atom. The average Bonchev–Trinajstić information content (AvgIpc) is 3.09. The van der Waals surface area contributed by atoms with Crippen LogP contribution in [0.15, 0.2) is 22.9 Å². The van der Waals surface area contributed by atoms with Gasteiger partial charge < -0.3 is 4.90 Å². The minimum absolute atomic E-state index is 0.112. The molecule has 2 rings (SSSR count). The SMILES string of the molecule is CC(C)CN(C(=O)c1ccc(Br)nc1)C1CC1. The summed E-state index contributed by atoms with van der Waals surface area (Å²) in [6.45, 7) is 5.12. The lowest BCUT2D eigenvalue weighted by Gasteiger charge is -2.24. The molecule has 1 amide bonds. The van der Waals surface area contributed by atoms with E-state index in [0.29, 0.717) is 17.5 Å². The number of rotatable bonds is 4. The molecule has 92 valence electrons. The van der Waals surface area contributed by atoms with Gasteiger partial charge >= 0.3 is 0 Å². The zero-order valence-electron chi connectivity index (χ0n) is 10.2. The number of amides is 1. The monoisotopic (exact) mass is 296 g/mol. The second-order valence-electron chi connectivity index (χ2n) is 4.95. The predicted molar refractivity (Wildman–Crippen MR) is 70.8 cm³/mol. The molecule has 0 saturated heterocycles. The molecule has 0 aliphatic heterocycles. The highest BCUT2D eigenvalue weighted by Gasteiger charge is 2.33. The van der Waals surface area contributed by atoms with Crippen LogP contribution in [0.5, 0.6) is 0 Å². The summed E-state index contributed by atoms with van der Waals surface area (Å²) < 4.78 is 0.760. The molecule has 0 aromatic carbocycles. The number of halogens is 1. The molecule has 1 saturated carbocycles. The summed E-state index contributed by atoms with van der Waals surface area (Å²) >= 11 is 3.28. The summed E-state index contributed by atoms with van der Waals surface area (Å²) in [5.41, 5.74) is 0.681. The Labute approximate surface area is 110 Å². The molecule has 3 nitrogen and oxygen atoms in total. The van der Waals surface area contributed by atoms with Crippen molar-refractivity contribution >= 4 is 21.8 Å². The van der Waals surface area contributed by atoms with E-state index in [9.17, 15) is 4.79 Å². The van der Waals surface area contributed by atoms with Crippen molar-refractivity contribution in [1.29, 1.82) is 0 Å². The van der Waals surface area contributed by atoms with Crippen molar-refractivity contribution in [2.45, 2.75) is 32.7 Å². The van der Waals surface area contributed by atoms with Gasteiger partial charge in [-0.2, -0.15) is 0 Å². The fourth-order valence-electron chi connectivity index (χ4n) is 1.85. The van der Waals surface area contributed by atoms with E-state index < -0.39 is 0 Å². The molecule has 0 radical (unpaired) electrons. The van der Waals surface area contributed by atoms with Crippen molar-refractivity contribution in [3.8, 4) is 0 Å². The normalized spacial score (nSPS) is 15.1. The van der Waals surface area contributed by atoms with Gasteiger partial charge in [-0.15, -0.1) is 0 Å². The van der Waals surface area contributed by atoms with Crippen LogP contribution in [-0.2, 0) is 0 Å². The standard InChI is InChI=1S/C13H17BrN2O/c1-9(2)8-16(11-4-5-11)13(17)10-3-6-12(14)15-7-10/h3,6-7,9,11H,4-5,8H2,1-2H3. The molecular weight excluding hydrogens is 280 g/mol. The van der Waals surface area contributed by atoms with Crippen LogP contribution < -0.4 is 0 Å². The topological polar surface area (TPSA) is 33.2 Å². The van der Waals surface area contributed by atoms with Crippen LogP contribution in [0, 0.1) is 5.92 Å². The fourth-order valence-corrected chi connectivity index (χ4v) is 2.08. The van der Waals surface area contributed by atoms with Gasteiger partial charge in [0.25, 0.3) is 5.91 Å². The summed E-state index contributed by atoms with van der Waals surface area (Å²) in [6, 6.07) is 4.09. The number of carbonyl (C=O) groups excluding carboxylic acids is 1. The van der Waals surface area contributed by atoms with Crippen molar-refractivity contribution in [2.75, 3.05) is 6.54 Å². The summed E-state index contributed by atoms with van der Waals surface area (Å²) in [6.07, 6.45) is 3.92. The zero-order chi connectivity index (χ0) is 12.4. The highest BCUT2D eigenvalue weighted by molar-refractivity contribution is 9.10. The minimum atomic E-state index is 0.112. The average molecular weight is 297 g/mol. The Bertz CT molecular complexity index is 398. The summed E-state index contributed by atoms with van der Waals surface area (Å²) in [4.78, 5) is 18.5. The van der Waals surface area contributed by atoms with E-state index in [2.05, 4.69) is 34.8 Å². The molecule has 17 heavy (non-hydrogen) atoms. The molecule has 0 N–H and O–H groups in total. The maximum absolute atomic E-state index is 12.3. The lowest BCUT2D eigenvalue weighted by atomic mass is 10.1. The molecule has 1 fully saturated rings. The van der Waals surface area contributed by atoms with Gasteiger partial charge in [0, 0.05) is 18.8 Å². The highest BCUT2D eigenvalue weighted by Crippen LogP contribution is 2.29. The van der Waals surface area contributed by atoms with Crippen molar-refractivity contribution < 1.29 is 4.79 Å². The van der Waals surface area contributed by atoms with E-state index in [1.54, 1.807) is 6.20 Å². The van der Waals surface area contributed by atoms with E-state index in [1.807, 2.05) is 17.0 Å². The maximum atomic E-state index is 12.3. The molecule has 1 aromatic rings. The van der Waals surface area contributed by atoms with Crippen LogP contribution in [0.4, 0.5) is 0 Å². The van der Waals surface area contributed by atoms with Crippen LogP contribution >= 0.6 is 15.9 Å². The van der Waals surface area contributed by atoms with Crippen LogP contribution in [0.1, 0.15) is 37.0 Å². The summed E-state index contributed by atoms with van der Waals surface area (Å²) in [7, 11) is 0. The predicted octanol–water partition coefficient (Wildman–Crippen LogP) is 3.10. The van der Waals surface area contributed by atoms with E-state index in [1.165, 1.54) is 0 Å². The second kappa shape index (κ2) is 5.17. The third kappa shape index (κ3) is 3.28. The third-order valence-corrected chi connectivity index (χ3v) is 3.25. The molecular formula is C13H17BrN2O. The Kier molecular flexibility index (Phi) is 3.82. The van der Waals surface area contributed by atoms with Gasteiger partial charge in [-0.3, -0.25) is 4.79 Å². The molecule has 0 atom stereocenters. The minimum Gasteiger partial charge on any atom is -0.335 e. The first-order chi connectivity index (χ1) is 8.08. The first kappa shape index (κ1) is 12.6. The summed E-state index contributed by atoms with van der Waals surface area (Å²) in [5.74, 6) is 0.615. The lowest BCUT2D eigenvalue weighted by molar-refractivity contribution is 0.0722. The van der Waals surface area contributed by atoms with Crippen LogP contribution in [0.2, 0.25) is 0 Å². The number of aromatic nitrogens is 1. The smallest absolute Gasteiger partial charge is 0.255 e. The molecule has 1 aromatic heterocycles. The molecule has 0 unspecified atom stereocenters. The zero-order valence-corrected chi connectivity index (χ0v) is 11.8. The number of nitrogens with zero attached hydrogens (tertiary/aromatic N) is 2. The van der Waals surface area contributed by atoms with E-state index in [4.69, 9.17) is 0 Å². The largest absolute Gasteiger partial charge is 0.335 e. The molecule has 0 bridgehead atoms. The number of carbonyl (C=O) groups is 1. The van der Waals surface area contributed by atoms with Crippen LogP contribution in [0.25, 0.3) is 0 Å². The van der Waals surface area contributed by atoms with E-state index in [-0.39, 0.29) is 5.91 Å². The van der Waals surface area contributed by atoms with Crippen molar-refractivity contribution in [3.05, 3.63) is 28.5 Å². The Morgan fingerprint density at radius 1 is 1.53 bits per heavy atom. The van der Waals surface area contributed by atoms with Crippen molar-refractivity contribution in [3.63, 3.8) is 0 Å². The molecule has 1 heterocycles. The molecule has 1 aliphatic rings. The van der Waals surface area contributed by atoms with Gasteiger partial charge in [-0.1, -0.05) is 13.8 Å². The summed E-state index contributed by atoms with van der Waals surface area (Å²) in [5, 5.41) is 0. The van der Waals surface area contributed by atoms with Gasteiger partial charge in [0.15, 0.2) is 0 Å². The number of pyridine rings is 1. The Balaban J connectivity index is 2.12. The van der Waals surface area contributed by atoms with Crippen molar-refractivity contribution in [2.24, 2.45) is 5.92 Å². The highest BCUT2D eigenvalue weighted by atomic mass is 79.9. The van der Waals surface area contributed by atoms with Crippen LogP contribution in [0.3, 0.4) is 0 Å². The first-order valence-corrected chi connectivity index (χ1v) is 6.79. The number of hydrogen-bond donors (Lipinski definition) is 0. The van der Waals surface area contributed by atoms with Gasteiger partial charge in [-0.25, -0.2) is 4.98 Å². The Hall–Kier alpha value is -0.900. The second-order valence-corrected chi connectivity index (χ2v) is 5.76. The maximum Gasteiger partial charge on any atom is 0.255 e. The van der Waals surface area contributed by atoms with Gasteiger partial charge in [-0.05, 0) is 46.8 Å². The quantitative estimate of drug-likeness (QED) is 0.800. The van der Waals surface area contributed by atoms with Gasteiger partial charge in [0.1, 0.15) is 4.60 Å². The third-order valence-electron chi connectivity index (χ3n) is 2.78. The van der Waals surface area contributed by atoms with Crippen LogP contribution in [-0.4, -0.2) is 28.4 Å². The van der Waals surface area contributed by atoms with Gasteiger partial charge in [0.05, 0.1) is 5.56 Å². The molecule has 1 aliphatic carbocycles. The fraction of sp³-hybridized carbons (Fsp3) is 0.538. The van der Waals surface area contributed by atoms with Gasteiger partial charge in [0.2, 0.25) is 0 Å². The number of hydrogen-bond acceptors (Lipinski definition) is 2. The Morgan fingerprint density at radius 3 is 2.71 bits per heavy atom. The first-order valence-electron chi connectivity index (χ1n) is 6.00. The van der Waals surface area contributed by atoms with E-state index in [0.717, 1.165) is 24.0 Å². The molecule has 0 spiro atoms. The molecule has 4 heteroatoms. The van der Waals surface area contributed by atoms with Crippen molar-refractivity contribution in [1.82, 2.24) is 9.88 Å². The lowest BCUT2D eigenvalue weighted by Crippen LogP contribution is -2.36. The van der Waals surface area contributed by atoms with E-state index >= 15 is 0 Å².